The summed E-state index contributed by atoms with van der Waals surface area (Å²) in [4.78, 5) is 0. The van der Waals surface area contributed by atoms with Crippen LogP contribution in [0.1, 0.15) is 188 Å². The molecular formula is C37H78. The molecule has 0 aliphatic carbocycles. The maximum atomic E-state index is 3.98. The van der Waals surface area contributed by atoms with Crippen LogP contribution in [0.15, 0.2) is 12.2 Å². The van der Waals surface area contributed by atoms with E-state index < -0.39 is 0 Å². The van der Waals surface area contributed by atoms with Gasteiger partial charge in [0.25, 0.3) is 0 Å². The summed E-state index contributed by atoms with van der Waals surface area (Å²) in [6.45, 7) is 41.4. The largest absolute Gasteiger partial charge is 0.0996 e. The number of unbranched alkanes of at least 4 members (excludes halogenated alkanes) is 4. The molecule has 0 spiro atoms. The quantitative estimate of drug-likeness (QED) is 0.124. The molecule has 0 saturated heterocycles. The summed E-state index contributed by atoms with van der Waals surface area (Å²) in [6, 6.07) is 0. The number of rotatable bonds is 18. The molecule has 0 radical (unpaired) electrons. The Labute approximate surface area is 239 Å². The maximum Gasteiger partial charge on any atom is -0.0150 e. The molecule has 3 atom stereocenters. The van der Waals surface area contributed by atoms with Crippen molar-refractivity contribution >= 4 is 0 Å². The molecule has 0 bridgehead atoms. The molecule has 0 N–H and O–H groups in total. The summed E-state index contributed by atoms with van der Waals surface area (Å²) in [6.07, 6.45) is 16.5. The Hall–Kier alpha value is -0.260. The van der Waals surface area contributed by atoms with Crippen LogP contribution in [0.25, 0.3) is 0 Å². The lowest BCUT2D eigenvalue weighted by Crippen LogP contribution is -2.41. The molecule has 0 aliphatic rings. The van der Waals surface area contributed by atoms with Crippen LogP contribution in [-0.2, 0) is 0 Å². The first kappa shape index (κ1) is 41.2. The second-order valence-electron chi connectivity index (χ2n) is 14.5. The van der Waals surface area contributed by atoms with Crippen LogP contribution < -0.4 is 0 Å². The molecule has 226 valence electrons. The first-order valence-corrected chi connectivity index (χ1v) is 16.6. The second-order valence-corrected chi connectivity index (χ2v) is 14.5. The summed E-state index contributed by atoms with van der Waals surface area (Å²) >= 11 is 0. The second kappa shape index (κ2) is 21.5. The summed E-state index contributed by atoms with van der Waals surface area (Å²) in [5, 5.41) is 0. The smallest absolute Gasteiger partial charge is 0.0150 e. The lowest BCUT2D eigenvalue weighted by atomic mass is 9.55. The van der Waals surface area contributed by atoms with Gasteiger partial charge >= 0.3 is 0 Å². The van der Waals surface area contributed by atoms with Gasteiger partial charge in [0.05, 0.1) is 0 Å². The molecule has 37 heavy (non-hydrogen) atoms. The van der Waals surface area contributed by atoms with E-state index in [0.717, 1.165) is 23.7 Å². The van der Waals surface area contributed by atoms with Gasteiger partial charge in [-0.25, -0.2) is 0 Å². The third-order valence-corrected chi connectivity index (χ3v) is 10.0. The normalized spacial score (nSPS) is 15.3. The van der Waals surface area contributed by atoms with Gasteiger partial charge in [-0.05, 0) is 66.1 Å². The zero-order valence-electron chi connectivity index (χ0n) is 29.5. The van der Waals surface area contributed by atoms with Gasteiger partial charge in [-0.1, -0.05) is 174 Å². The van der Waals surface area contributed by atoms with Crippen LogP contribution in [-0.4, -0.2) is 0 Å². The Morgan fingerprint density at radius 3 is 1.57 bits per heavy atom. The van der Waals surface area contributed by atoms with Gasteiger partial charge in [0.1, 0.15) is 0 Å². The van der Waals surface area contributed by atoms with E-state index in [9.17, 15) is 0 Å². The molecule has 0 aromatic carbocycles. The minimum Gasteiger partial charge on any atom is -0.0996 e. The summed E-state index contributed by atoms with van der Waals surface area (Å²) in [7, 11) is 0. The van der Waals surface area contributed by atoms with Crippen LogP contribution in [0, 0.1) is 39.9 Å². The zero-order valence-corrected chi connectivity index (χ0v) is 29.5. The van der Waals surface area contributed by atoms with Gasteiger partial charge in [-0.15, -0.1) is 0 Å². The Balaban J connectivity index is -0.000000803. The van der Waals surface area contributed by atoms with Gasteiger partial charge in [0.2, 0.25) is 0 Å². The molecule has 0 aliphatic heterocycles. The summed E-state index contributed by atoms with van der Waals surface area (Å²) in [5.41, 5.74) is 2.53. The predicted octanol–water partition coefficient (Wildman–Crippen LogP) is 13.9. The van der Waals surface area contributed by atoms with Crippen LogP contribution >= 0.6 is 0 Å². The first-order valence-electron chi connectivity index (χ1n) is 16.6. The zero-order chi connectivity index (χ0) is 29.9. The van der Waals surface area contributed by atoms with Crippen LogP contribution in [0.4, 0.5) is 0 Å². The standard InChI is InChI=1S/C25H52.C10H20.C2H6/c1-11-12-16-22(6)17-14-13-15-18-25(10,21(4)5)24(8,9)19-23(7)20(2)3;1-6-7-8-10(4,5)9(2)3;1-2/h20-23H,11-19H2,1-10H3;2,6-8H2,1,3-5H3;1-2H3. The van der Waals surface area contributed by atoms with Crippen LogP contribution in [0.2, 0.25) is 0 Å². The highest BCUT2D eigenvalue weighted by atomic mass is 14.5. The molecule has 0 aromatic heterocycles. The Kier molecular flexibility index (Phi) is 24.0. The van der Waals surface area contributed by atoms with E-state index in [0.29, 0.717) is 16.2 Å². The molecule has 3 unspecified atom stereocenters. The third-order valence-electron chi connectivity index (χ3n) is 10.0. The molecule has 0 rings (SSSR count). The minimum absolute atomic E-state index is 0.357. The number of allylic oxidation sites excluding steroid dienone is 1. The lowest BCUT2D eigenvalue weighted by molar-refractivity contribution is 0.0000569. The molecule has 0 nitrogen and oxygen atoms in total. The van der Waals surface area contributed by atoms with E-state index in [2.05, 4.69) is 104 Å². The highest BCUT2D eigenvalue weighted by Crippen LogP contribution is 2.52. The van der Waals surface area contributed by atoms with Crippen LogP contribution in [0.3, 0.4) is 0 Å². The molecule has 0 amide bonds. The molecule has 0 aromatic rings. The Morgan fingerprint density at radius 1 is 0.676 bits per heavy atom. The fourth-order valence-corrected chi connectivity index (χ4v) is 5.37. The average Bonchev–Trinajstić information content (AvgIpc) is 2.81. The van der Waals surface area contributed by atoms with Crippen molar-refractivity contribution in [3.63, 3.8) is 0 Å². The van der Waals surface area contributed by atoms with E-state index in [-0.39, 0.29) is 0 Å². The van der Waals surface area contributed by atoms with Crippen LogP contribution in [0.5, 0.6) is 0 Å². The summed E-state index contributed by atoms with van der Waals surface area (Å²) < 4.78 is 0. The molecule has 0 heterocycles. The van der Waals surface area contributed by atoms with Gasteiger partial charge < -0.3 is 0 Å². The van der Waals surface area contributed by atoms with Gasteiger partial charge in [0.15, 0.2) is 0 Å². The minimum atomic E-state index is 0.357. The molecule has 0 saturated carbocycles. The monoisotopic (exact) mass is 523 g/mol. The van der Waals surface area contributed by atoms with E-state index >= 15 is 0 Å². The lowest BCUT2D eigenvalue weighted by Gasteiger charge is -2.49. The van der Waals surface area contributed by atoms with Crippen molar-refractivity contribution in [1.82, 2.24) is 0 Å². The van der Waals surface area contributed by atoms with Crippen molar-refractivity contribution in [3.05, 3.63) is 12.2 Å². The Morgan fingerprint density at radius 2 is 1.16 bits per heavy atom. The Bertz CT molecular complexity index is 520. The van der Waals surface area contributed by atoms with E-state index in [1.807, 2.05) is 13.8 Å². The van der Waals surface area contributed by atoms with Crippen molar-refractivity contribution in [2.45, 2.75) is 188 Å². The topological polar surface area (TPSA) is 0 Å². The van der Waals surface area contributed by atoms with Gasteiger partial charge in [-0.3, -0.25) is 0 Å². The molecule has 0 fully saturated rings. The van der Waals surface area contributed by atoms with Gasteiger partial charge in [-0.2, -0.15) is 0 Å². The van der Waals surface area contributed by atoms with E-state index in [1.54, 1.807) is 0 Å². The van der Waals surface area contributed by atoms with Crippen molar-refractivity contribution in [2.24, 2.45) is 39.9 Å². The molecule has 0 heteroatoms. The number of hydrogen-bond acceptors (Lipinski definition) is 0. The predicted molar refractivity (Wildman–Crippen MR) is 177 cm³/mol. The number of hydrogen-bond donors (Lipinski definition) is 0. The van der Waals surface area contributed by atoms with Crippen molar-refractivity contribution in [3.8, 4) is 0 Å². The SMILES string of the molecule is C=C(C)C(C)(C)CCCC.CC.CCCCC(C)CCCCCC(C)(C(C)C)C(C)(C)CC(C)C(C)C. The first-order chi connectivity index (χ1) is 17.0. The van der Waals surface area contributed by atoms with Crippen molar-refractivity contribution in [2.75, 3.05) is 0 Å². The van der Waals surface area contributed by atoms with E-state index in [1.165, 1.54) is 82.6 Å². The summed E-state index contributed by atoms with van der Waals surface area (Å²) in [5.74, 6) is 3.29. The van der Waals surface area contributed by atoms with E-state index in [4.69, 9.17) is 0 Å². The third kappa shape index (κ3) is 17.9. The fourth-order valence-electron chi connectivity index (χ4n) is 5.37. The van der Waals surface area contributed by atoms with Gasteiger partial charge in [0, 0.05) is 0 Å². The fraction of sp³-hybridized carbons (Fsp3) is 0.946. The van der Waals surface area contributed by atoms with Crippen molar-refractivity contribution in [1.29, 1.82) is 0 Å². The maximum absolute atomic E-state index is 3.98. The highest BCUT2D eigenvalue weighted by Gasteiger charge is 2.43. The van der Waals surface area contributed by atoms with Crippen molar-refractivity contribution < 1.29 is 0 Å². The average molecular weight is 523 g/mol. The molecular weight excluding hydrogens is 444 g/mol. The highest BCUT2D eigenvalue weighted by molar-refractivity contribution is 5.02.